The highest BCUT2D eigenvalue weighted by Gasteiger charge is 2.07. The minimum Gasteiger partial charge on any atom is -0.324 e. The van der Waals surface area contributed by atoms with Gasteiger partial charge < -0.3 is 10.6 Å². The second-order valence-corrected chi connectivity index (χ2v) is 5.34. The van der Waals surface area contributed by atoms with Gasteiger partial charge in [-0.05, 0) is 31.6 Å². The van der Waals surface area contributed by atoms with E-state index in [-0.39, 0.29) is 6.04 Å². The summed E-state index contributed by atoms with van der Waals surface area (Å²) in [5.74, 6) is 1.13. The maximum Gasteiger partial charge on any atom is 0.0277 e. The van der Waals surface area contributed by atoms with E-state index in [0.29, 0.717) is 0 Å². The Kier molecular flexibility index (Phi) is 6.63. The van der Waals surface area contributed by atoms with Crippen LogP contribution in [0.2, 0.25) is 0 Å². The molecule has 0 amide bonds. The normalized spacial score (nSPS) is 13.0. The van der Waals surface area contributed by atoms with E-state index in [4.69, 9.17) is 5.73 Å². The van der Waals surface area contributed by atoms with Crippen LogP contribution >= 0.6 is 11.8 Å². The van der Waals surface area contributed by atoms with Crippen LogP contribution in [0.5, 0.6) is 0 Å². The Morgan fingerprint density at radius 2 is 1.88 bits per heavy atom. The predicted molar refractivity (Wildman–Crippen MR) is 77.6 cm³/mol. The fraction of sp³-hybridized carbons (Fsp3) is 0.571. The number of nitrogens with two attached hydrogens (primary N) is 1. The number of thioether (sulfide) groups is 1. The van der Waals surface area contributed by atoms with Gasteiger partial charge in [-0.15, -0.1) is 11.8 Å². The summed E-state index contributed by atoms with van der Waals surface area (Å²) in [7, 11) is 0. The summed E-state index contributed by atoms with van der Waals surface area (Å²) in [5, 5.41) is 0. The lowest BCUT2D eigenvalue weighted by atomic mass is 10.1. The molecular formula is C14H24N2S. The van der Waals surface area contributed by atoms with E-state index in [9.17, 15) is 0 Å². The largest absolute Gasteiger partial charge is 0.324 e. The van der Waals surface area contributed by atoms with Crippen molar-refractivity contribution in [2.24, 2.45) is 5.73 Å². The quantitative estimate of drug-likeness (QED) is 0.756. The first-order chi connectivity index (χ1) is 8.19. The van der Waals surface area contributed by atoms with Crippen molar-refractivity contribution in [1.29, 1.82) is 0 Å². The lowest BCUT2D eigenvalue weighted by Crippen LogP contribution is -2.25. The van der Waals surface area contributed by atoms with Gasteiger partial charge in [-0.25, -0.2) is 0 Å². The van der Waals surface area contributed by atoms with Crippen LogP contribution < -0.4 is 5.73 Å². The van der Waals surface area contributed by atoms with Crippen molar-refractivity contribution >= 4 is 11.8 Å². The van der Waals surface area contributed by atoms with Gasteiger partial charge in [0.15, 0.2) is 0 Å². The molecule has 0 aromatic heterocycles. The van der Waals surface area contributed by atoms with Gasteiger partial charge in [-0.2, -0.15) is 0 Å². The number of benzene rings is 1. The summed E-state index contributed by atoms with van der Waals surface area (Å²) in [6, 6.07) is 8.57. The molecule has 0 aliphatic heterocycles. The monoisotopic (exact) mass is 252 g/mol. The molecule has 1 aromatic carbocycles. The van der Waals surface area contributed by atoms with Crippen LogP contribution in [-0.2, 0) is 0 Å². The standard InChI is InChI=1S/C14H24N2S/c1-4-16(5-2)10-11-17-14-9-7-6-8-13(14)12(3)15/h6-9,12H,4-5,10-11,15H2,1-3H3/t12-/m0/s1. The highest BCUT2D eigenvalue weighted by molar-refractivity contribution is 7.99. The van der Waals surface area contributed by atoms with Gasteiger partial charge in [0.05, 0.1) is 0 Å². The zero-order valence-electron chi connectivity index (χ0n) is 11.1. The molecule has 0 saturated carbocycles. The highest BCUT2D eigenvalue weighted by atomic mass is 32.2. The van der Waals surface area contributed by atoms with E-state index in [1.807, 2.05) is 18.7 Å². The van der Waals surface area contributed by atoms with Crippen LogP contribution in [0.25, 0.3) is 0 Å². The van der Waals surface area contributed by atoms with E-state index < -0.39 is 0 Å². The molecule has 0 aliphatic rings. The molecule has 0 bridgehead atoms. The molecule has 2 nitrogen and oxygen atoms in total. The van der Waals surface area contributed by atoms with E-state index in [1.165, 1.54) is 10.5 Å². The molecule has 1 aromatic rings. The molecule has 1 rings (SSSR count). The van der Waals surface area contributed by atoms with Crippen LogP contribution in [0.3, 0.4) is 0 Å². The third-order valence-corrected chi connectivity index (χ3v) is 4.04. The molecule has 17 heavy (non-hydrogen) atoms. The summed E-state index contributed by atoms with van der Waals surface area (Å²) >= 11 is 1.91. The topological polar surface area (TPSA) is 29.3 Å². The predicted octanol–water partition coefficient (Wildman–Crippen LogP) is 3.14. The zero-order valence-corrected chi connectivity index (χ0v) is 12.0. The van der Waals surface area contributed by atoms with Crippen molar-refractivity contribution in [1.82, 2.24) is 4.90 Å². The van der Waals surface area contributed by atoms with Gasteiger partial charge in [0.2, 0.25) is 0 Å². The van der Waals surface area contributed by atoms with Gasteiger partial charge in [0.25, 0.3) is 0 Å². The third-order valence-electron chi connectivity index (χ3n) is 2.97. The number of hydrogen-bond donors (Lipinski definition) is 1. The van der Waals surface area contributed by atoms with Gasteiger partial charge in [-0.3, -0.25) is 0 Å². The molecule has 0 radical (unpaired) electrons. The van der Waals surface area contributed by atoms with Crippen molar-refractivity contribution in [2.45, 2.75) is 31.7 Å². The van der Waals surface area contributed by atoms with Gasteiger partial charge in [0, 0.05) is 23.2 Å². The minimum absolute atomic E-state index is 0.118. The molecule has 0 spiro atoms. The summed E-state index contributed by atoms with van der Waals surface area (Å²) in [5.41, 5.74) is 7.24. The Bertz CT molecular complexity index is 322. The maximum atomic E-state index is 5.97. The Morgan fingerprint density at radius 3 is 2.47 bits per heavy atom. The molecule has 3 heteroatoms. The molecule has 2 N–H and O–H groups in total. The molecule has 0 fully saturated rings. The lowest BCUT2D eigenvalue weighted by molar-refractivity contribution is 0.324. The number of hydrogen-bond acceptors (Lipinski definition) is 3. The van der Waals surface area contributed by atoms with Crippen LogP contribution in [0, 0.1) is 0 Å². The highest BCUT2D eigenvalue weighted by Crippen LogP contribution is 2.26. The molecule has 0 aliphatic carbocycles. The summed E-state index contributed by atoms with van der Waals surface area (Å²) < 4.78 is 0. The van der Waals surface area contributed by atoms with Crippen molar-refractivity contribution in [2.75, 3.05) is 25.4 Å². The Balaban J connectivity index is 2.51. The van der Waals surface area contributed by atoms with Gasteiger partial charge in [-0.1, -0.05) is 32.0 Å². The van der Waals surface area contributed by atoms with Crippen molar-refractivity contribution in [3.05, 3.63) is 29.8 Å². The van der Waals surface area contributed by atoms with Crippen molar-refractivity contribution < 1.29 is 0 Å². The zero-order chi connectivity index (χ0) is 12.7. The molecule has 96 valence electrons. The first-order valence-electron chi connectivity index (χ1n) is 6.38. The van der Waals surface area contributed by atoms with Crippen molar-refractivity contribution in [3.63, 3.8) is 0 Å². The lowest BCUT2D eigenvalue weighted by Gasteiger charge is -2.18. The molecule has 0 saturated heterocycles. The van der Waals surface area contributed by atoms with E-state index >= 15 is 0 Å². The minimum atomic E-state index is 0.118. The number of nitrogens with zero attached hydrogens (tertiary/aromatic N) is 1. The number of rotatable bonds is 7. The van der Waals surface area contributed by atoms with E-state index in [2.05, 4.69) is 43.0 Å². The molecule has 0 unspecified atom stereocenters. The van der Waals surface area contributed by atoms with Crippen LogP contribution in [-0.4, -0.2) is 30.3 Å². The van der Waals surface area contributed by atoms with Crippen LogP contribution in [0.1, 0.15) is 32.4 Å². The first-order valence-corrected chi connectivity index (χ1v) is 7.37. The molecule has 1 atom stereocenters. The average Bonchev–Trinajstić information content (AvgIpc) is 2.35. The Labute approximate surface area is 110 Å². The van der Waals surface area contributed by atoms with Gasteiger partial charge in [0.1, 0.15) is 0 Å². The fourth-order valence-electron chi connectivity index (χ4n) is 1.81. The molecular weight excluding hydrogens is 228 g/mol. The second-order valence-electron chi connectivity index (χ2n) is 4.20. The second kappa shape index (κ2) is 7.75. The van der Waals surface area contributed by atoms with Gasteiger partial charge >= 0.3 is 0 Å². The first kappa shape index (κ1) is 14.6. The van der Waals surface area contributed by atoms with Crippen molar-refractivity contribution in [3.8, 4) is 0 Å². The summed E-state index contributed by atoms with van der Waals surface area (Å²) in [6.07, 6.45) is 0. The van der Waals surface area contributed by atoms with E-state index in [0.717, 1.165) is 25.4 Å². The van der Waals surface area contributed by atoms with Crippen LogP contribution in [0.15, 0.2) is 29.2 Å². The fourth-order valence-corrected chi connectivity index (χ4v) is 2.98. The third kappa shape index (κ3) is 4.70. The average molecular weight is 252 g/mol. The summed E-state index contributed by atoms with van der Waals surface area (Å²) in [4.78, 5) is 3.77. The summed E-state index contributed by atoms with van der Waals surface area (Å²) in [6.45, 7) is 9.88. The van der Waals surface area contributed by atoms with Crippen LogP contribution in [0.4, 0.5) is 0 Å². The maximum absolute atomic E-state index is 5.97. The Hall–Kier alpha value is -0.510. The SMILES string of the molecule is CCN(CC)CCSc1ccccc1[C@H](C)N. The van der Waals surface area contributed by atoms with E-state index in [1.54, 1.807) is 0 Å². The molecule has 0 heterocycles. The Morgan fingerprint density at radius 1 is 1.24 bits per heavy atom. The smallest absolute Gasteiger partial charge is 0.0277 e.